The van der Waals surface area contributed by atoms with Gasteiger partial charge < -0.3 is 10.1 Å². The molecule has 1 aliphatic heterocycles. The molecule has 1 heterocycles. The van der Waals surface area contributed by atoms with Crippen LogP contribution >= 0.6 is 0 Å². The van der Waals surface area contributed by atoms with Crippen molar-refractivity contribution in [3.63, 3.8) is 0 Å². The van der Waals surface area contributed by atoms with Crippen molar-refractivity contribution in [2.45, 2.75) is 45.7 Å². The Kier molecular flexibility index (Phi) is 6.49. The zero-order valence-corrected chi connectivity index (χ0v) is 13.5. The van der Waals surface area contributed by atoms with Gasteiger partial charge >= 0.3 is 0 Å². The van der Waals surface area contributed by atoms with Crippen molar-refractivity contribution < 1.29 is 4.74 Å². The van der Waals surface area contributed by atoms with E-state index in [1.807, 2.05) is 6.07 Å². The maximum Gasteiger partial charge on any atom is 0.119 e. The van der Waals surface area contributed by atoms with E-state index in [1.54, 1.807) is 0 Å². The Morgan fingerprint density at radius 2 is 2.10 bits per heavy atom. The average Bonchev–Trinajstić information content (AvgIpc) is 2.87. The third-order valence-electron chi connectivity index (χ3n) is 4.15. The van der Waals surface area contributed by atoms with Crippen LogP contribution in [0.2, 0.25) is 0 Å². The van der Waals surface area contributed by atoms with E-state index in [2.05, 4.69) is 55.1 Å². The highest BCUT2D eigenvalue weighted by Gasteiger charge is 2.33. The molecule has 0 spiro atoms. The van der Waals surface area contributed by atoms with Gasteiger partial charge in [0.2, 0.25) is 0 Å². The molecule has 0 bridgehead atoms. The lowest BCUT2D eigenvalue weighted by molar-refractivity contribution is 0.308. The van der Waals surface area contributed by atoms with Gasteiger partial charge in [0, 0.05) is 18.5 Å². The van der Waals surface area contributed by atoms with Crippen LogP contribution in [0.5, 0.6) is 5.75 Å². The topological polar surface area (TPSA) is 45.3 Å². The summed E-state index contributed by atoms with van der Waals surface area (Å²) in [5.74, 6) is 1.51. The summed E-state index contributed by atoms with van der Waals surface area (Å²) in [4.78, 5) is 0. The third kappa shape index (κ3) is 4.43. The van der Waals surface area contributed by atoms with E-state index in [-0.39, 0.29) is 0 Å². The molecule has 2 rings (SSSR count). The van der Waals surface area contributed by atoms with Crippen molar-refractivity contribution >= 4 is 0 Å². The summed E-state index contributed by atoms with van der Waals surface area (Å²) in [6.45, 7) is 9.39. The van der Waals surface area contributed by atoms with Crippen LogP contribution in [0.15, 0.2) is 24.3 Å². The van der Waals surface area contributed by atoms with Gasteiger partial charge in [-0.1, -0.05) is 32.4 Å². The first kappa shape index (κ1) is 16.3. The molecule has 3 atom stereocenters. The molecule has 1 aliphatic rings. The van der Waals surface area contributed by atoms with Crippen molar-refractivity contribution in [3.05, 3.63) is 29.8 Å². The average molecular weight is 291 g/mol. The summed E-state index contributed by atoms with van der Waals surface area (Å²) in [6.07, 6.45) is 2.27. The van der Waals surface area contributed by atoms with Gasteiger partial charge in [-0.05, 0) is 37.6 Å². The first-order chi connectivity index (χ1) is 10.3. The van der Waals surface area contributed by atoms with Crippen molar-refractivity contribution in [1.82, 2.24) is 16.2 Å². The van der Waals surface area contributed by atoms with E-state index in [4.69, 9.17) is 4.74 Å². The third-order valence-corrected chi connectivity index (χ3v) is 4.15. The van der Waals surface area contributed by atoms with Crippen LogP contribution in [0.25, 0.3) is 0 Å². The molecule has 1 aromatic rings. The van der Waals surface area contributed by atoms with Crippen LogP contribution in [-0.4, -0.2) is 25.7 Å². The number of nitrogens with one attached hydrogen (secondary N) is 3. The molecule has 0 aliphatic carbocycles. The summed E-state index contributed by atoms with van der Waals surface area (Å²) in [6, 6.07) is 9.28. The van der Waals surface area contributed by atoms with Gasteiger partial charge in [0.15, 0.2) is 0 Å². The normalized spacial score (nSPS) is 25.2. The number of ether oxygens (including phenoxy) is 1. The van der Waals surface area contributed by atoms with Crippen molar-refractivity contribution in [1.29, 1.82) is 0 Å². The molecule has 0 saturated carbocycles. The van der Waals surface area contributed by atoms with E-state index in [0.29, 0.717) is 18.0 Å². The first-order valence-corrected chi connectivity index (χ1v) is 8.20. The van der Waals surface area contributed by atoms with Gasteiger partial charge in [0.1, 0.15) is 5.75 Å². The van der Waals surface area contributed by atoms with Crippen LogP contribution in [0.1, 0.15) is 45.2 Å². The summed E-state index contributed by atoms with van der Waals surface area (Å²) >= 11 is 0. The molecule has 1 fully saturated rings. The Labute approximate surface area is 128 Å². The van der Waals surface area contributed by atoms with E-state index in [0.717, 1.165) is 38.3 Å². The molecule has 21 heavy (non-hydrogen) atoms. The minimum absolute atomic E-state index is 0.328. The Morgan fingerprint density at radius 1 is 1.24 bits per heavy atom. The van der Waals surface area contributed by atoms with E-state index in [9.17, 15) is 0 Å². The number of hydrogen-bond acceptors (Lipinski definition) is 4. The molecule has 0 radical (unpaired) electrons. The molecular weight excluding hydrogens is 262 g/mol. The maximum atomic E-state index is 5.83. The zero-order valence-electron chi connectivity index (χ0n) is 13.5. The molecule has 4 nitrogen and oxygen atoms in total. The Balaban J connectivity index is 2.03. The van der Waals surface area contributed by atoms with E-state index < -0.39 is 0 Å². The number of unbranched alkanes of at least 4 members (excludes halogenated alkanes) is 1. The summed E-state index contributed by atoms with van der Waals surface area (Å²) < 4.78 is 5.83. The maximum absolute atomic E-state index is 5.83. The van der Waals surface area contributed by atoms with Gasteiger partial charge in [-0.25, -0.2) is 5.43 Å². The molecule has 1 aromatic carbocycles. The van der Waals surface area contributed by atoms with Crippen LogP contribution in [0.3, 0.4) is 0 Å². The summed E-state index contributed by atoms with van der Waals surface area (Å²) in [7, 11) is 0. The largest absolute Gasteiger partial charge is 0.494 e. The fourth-order valence-corrected chi connectivity index (χ4v) is 2.79. The molecule has 118 valence electrons. The fourth-order valence-electron chi connectivity index (χ4n) is 2.79. The van der Waals surface area contributed by atoms with Crippen LogP contribution in [0, 0.1) is 5.92 Å². The Hall–Kier alpha value is -1.10. The van der Waals surface area contributed by atoms with Crippen LogP contribution in [-0.2, 0) is 0 Å². The number of hydrazine groups is 1. The van der Waals surface area contributed by atoms with Crippen LogP contribution < -0.4 is 20.9 Å². The first-order valence-electron chi connectivity index (χ1n) is 8.20. The quantitative estimate of drug-likeness (QED) is 0.644. The lowest BCUT2D eigenvalue weighted by Gasteiger charge is -2.22. The predicted octanol–water partition coefficient (Wildman–Crippen LogP) is 2.63. The monoisotopic (exact) mass is 291 g/mol. The summed E-state index contributed by atoms with van der Waals surface area (Å²) in [5, 5.41) is 3.47. The van der Waals surface area contributed by atoms with Gasteiger partial charge in [-0.2, -0.15) is 0 Å². The second-order valence-corrected chi connectivity index (χ2v) is 5.80. The Bertz CT molecular complexity index is 424. The standard InChI is InChI=1S/C17H29N3O/c1-4-6-10-21-15-9-7-8-14(11-15)17-16(12-18-5-2)13(3)19-20-17/h7-9,11,13,16-20H,4-6,10,12H2,1-3H3. The summed E-state index contributed by atoms with van der Waals surface area (Å²) in [5.41, 5.74) is 8.09. The zero-order chi connectivity index (χ0) is 15.1. The van der Waals surface area contributed by atoms with Crippen molar-refractivity contribution in [2.24, 2.45) is 5.92 Å². The van der Waals surface area contributed by atoms with E-state index >= 15 is 0 Å². The predicted molar refractivity (Wildman–Crippen MR) is 87.4 cm³/mol. The molecular formula is C17H29N3O. The van der Waals surface area contributed by atoms with Gasteiger partial charge in [0.05, 0.1) is 12.6 Å². The van der Waals surface area contributed by atoms with Crippen molar-refractivity contribution in [3.8, 4) is 5.75 Å². The van der Waals surface area contributed by atoms with Gasteiger partial charge in [-0.15, -0.1) is 0 Å². The molecule has 1 saturated heterocycles. The lowest BCUT2D eigenvalue weighted by Crippen LogP contribution is -2.32. The molecule has 0 amide bonds. The highest BCUT2D eigenvalue weighted by molar-refractivity contribution is 5.31. The smallest absolute Gasteiger partial charge is 0.119 e. The minimum atomic E-state index is 0.328. The molecule has 0 aromatic heterocycles. The lowest BCUT2D eigenvalue weighted by atomic mass is 9.90. The molecule has 4 heteroatoms. The number of benzene rings is 1. The van der Waals surface area contributed by atoms with E-state index in [1.165, 1.54) is 5.56 Å². The molecule has 3 N–H and O–H groups in total. The second-order valence-electron chi connectivity index (χ2n) is 5.80. The number of hydrogen-bond donors (Lipinski definition) is 3. The fraction of sp³-hybridized carbons (Fsp3) is 0.647. The van der Waals surface area contributed by atoms with Gasteiger partial charge in [0.25, 0.3) is 0 Å². The minimum Gasteiger partial charge on any atom is -0.494 e. The van der Waals surface area contributed by atoms with Crippen LogP contribution in [0.4, 0.5) is 0 Å². The van der Waals surface area contributed by atoms with Gasteiger partial charge in [-0.3, -0.25) is 5.43 Å². The Morgan fingerprint density at radius 3 is 2.86 bits per heavy atom. The SMILES string of the molecule is CCCCOc1cccc(C2NNC(C)C2CNCC)c1. The highest BCUT2D eigenvalue weighted by Crippen LogP contribution is 2.30. The molecule has 3 unspecified atom stereocenters. The second kappa shape index (κ2) is 8.37. The number of rotatable bonds is 8. The van der Waals surface area contributed by atoms with Crippen molar-refractivity contribution in [2.75, 3.05) is 19.7 Å². The highest BCUT2D eigenvalue weighted by atomic mass is 16.5.